The molecule has 0 bridgehead atoms. The molecule has 0 saturated heterocycles. The quantitative estimate of drug-likeness (QED) is 0.576. The third-order valence-corrected chi connectivity index (χ3v) is 1.56. The molecule has 0 rings (SSSR count). The van der Waals surface area contributed by atoms with Gasteiger partial charge in [0.2, 0.25) is 0 Å². The SMILES string of the molecule is CCC(=O)C(O)SC. The van der Waals surface area contributed by atoms with Gasteiger partial charge in [-0.05, 0) is 6.26 Å². The maximum Gasteiger partial charge on any atom is 0.171 e. The molecule has 0 aliphatic rings. The molecule has 0 spiro atoms. The lowest BCUT2D eigenvalue weighted by atomic mass is 10.3. The standard InChI is InChI=1S/C5H10O2S/c1-3-4(6)5(7)8-2/h5,7H,3H2,1-2H3. The molecule has 0 radical (unpaired) electrons. The van der Waals surface area contributed by atoms with Crippen LogP contribution in [-0.4, -0.2) is 22.6 Å². The molecule has 0 aromatic heterocycles. The summed E-state index contributed by atoms with van der Waals surface area (Å²) in [5.41, 5.74) is -0.806. The highest BCUT2D eigenvalue weighted by Crippen LogP contribution is 2.04. The van der Waals surface area contributed by atoms with Crippen molar-refractivity contribution in [2.45, 2.75) is 18.8 Å². The second-order valence-corrected chi connectivity index (χ2v) is 2.33. The van der Waals surface area contributed by atoms with E-state index in [1.807, 2.05) is 0 Å². The monoisotopic (exact) mass is 134 g/mol. The summed E-state index contributed by atoms with van der Waals surface area (Å²) >= 11 is 1.16. The lowest BCUT2D eigenvalue weighted by Gasteiger charge is -2.00. The fourth-order valence-electron chi connectivity index (χ4n) is 0.306. The summed E-state index contributed by atoms with van der Waals surface area (Å²) in [5.74, 6) is -0.0995. The molecule has 1 atom stereocenters. The van der Waals surface area contributed by atoms with Crippen LogP contribution in [0, 0.1) is 0 Å². The predicted octanol–water partition coefficient (Wildman–Crippen LogP) is 0.647. The minimum absolute atomic E-state index is 0.0995. The van der Waals surface area contributed by atoms with Crippen LogP contribution >= 0.6 is 11.8 Å². The number of aliphatic hydroxyl groups excluding tert-OH is 1. The number of rotatable bonds is 3. The fraction of sp³-hybridized carbons (Fsp3) is 0.800. The molecule has 0 aromatic carbocycles. The average molecular weight is 134 g/mol. The van der Waals surface area contributed by atoms with Gasteiger partial charge in [0.05, 0.1) is 0 Å². The van der Waals surface area contributed by atoms with E-state index in [9.17, 15) is 4.79 Å². The van der Waals surface area contributed by atoms with Gasteiger partial charge in [-0.15, -0.1) is 11.8 Å². The Kier molecular flexibility index (Phi) is 3.91. The molecule has 48 valence electrons. The summed E-state index contributed by atoms with van der Waals surface area (Å²) in [6, 6.07) is 0. The zero-order chi connectivity index (χ0) is 6.57. The molecule has 0 saturated carbocycles. The number of carbonyl (C=O) groups is 1. The second-order valence-electron chi connectivity index (χ2n) is 1.41. The van der Waals surface area contributed by atoms with Crippen molar-refractivity contribution >= 4 is 17.5 Å². The number of thioether (sulfide) groups is 1. The number of hydrogen-bond donors (Lipinski definition) is 1. The van der Waals surface area contributed by atoms with Crippen LogP contribution in [0.15, 0.2) is 0 Å². The molecule has 2 nitrogen and oxygen atoms in total. The van der Waals surface area contributed by atoms with Gasteiger partial charge in [-0.25, -0.2) is 0 Å². The van der Waals surface area contributed by atoms with E-state index in [1.165, 1.54) is 0 Å². The lowest BCUT2D eigenvalue weighted by Crippen LogP contribution is -2.13. The minimum atomic E-state index is -0.806. The Hall–Kier alpha value is -0.0200. The normalized spacial score (nSPS) is 13.4. The van der Waals surface area contributed by atoms with Crippen molar-refractivity contribution in [3.05, 3.63) is 0 Å². The molecule has 0 amide bonds. The zero-order valence-corrected chi connectivity index (χ0v) is 5.86. The lowest BCUT2D eigenvalue weighted by molar-refractivity contribution is -0.122. The summed E-state index contributed by atoms with van der Waals surface area (Å²) < 4.78 is 0. The van der Waals surface area contributed by atoms with Gasteiger partial charge in [-0.2, -0.15) is 0 Å². The molecule has 0 aromatic rings. The first kappa shape index (κ1) is 7.98. The maximum absolute atomic E-state index is 10.5. The Morgan fingerprint density at radius 3 is 2.50 bits per heavy atom. The number of aliphatic hydroxyl groups is 1. The first-order valence-corrected chi connectivity index (χ1v) is 3.74. The van der Waals surface area contributed by atoms with E-state index in [0.29, 0.717) is 6.42 Å². The van der Waals surface area contributed by atoms with Crippen LogP contribution in [0.5, 0.6) is 0 Å². The molecule has 0 heterocycles. The molecule has 1 N–H and O–H groups in total. The highest BCUT2D eigenvalue weighted by molar-refractivity contribution is 7.99. The first-order chi connectivity index (χ1) is 3.72. The minimum Gasteiger partial charge on any atom is -0.375 e. The molecule has 8 heavy (non-hydrogen) atoms. The van der Waals surface area contributed by atoms with Gasteiger partial charge in [0, 0.05) is 6.42 Å². The number of ketones is 1. The number of Topliss-reactive ketones (excluding diaryl/α,β-unsaturated/α-hetero) is 1. The first-order valence-electron chi connectivity index (χ1n) is 2.46. The molecular weight excluding hydrogens is 124 g/mol. The van der Waals surface area contributed by atoms with Gasteiger partial charge in [-0.3, -0.25) is 4.79 Å². The van der Waals surface area contributed by atoms with E-state index in [0.717, 1.165) is 11.8 Å². The number of carbonyl (C=O) groups excluding carboxylic acids is 1. The highest BCUT2D eigenvalue weighted by Gasteiger charge is 2.08. The van der Waals surface area contributed by atoms with E-state index in [4.69, 9.17) is 5.11 Å². The van der Waals surface area contributed by atoms with E-state index in [-0.39, 0.29) is 5.78 Å². The van der Waals surface area contributed by atoms with Crippen molar-refractivity contribution < 1.29 is 9.90 Å². The highest BCUT2D eigenvalue weighted by atomic mass is 32.2. The molecule has 0 fully saturated rings. The van der Waals surface area contributed by atoms with Gasteiger partial charge >= 0.3 is 0 Å². The average Bonchev–Trinajstić information content (AvgIpc) is 1.84. The predicted molar refractivity (Wildman–Crippen MR) is 34.8 cm³/mol. The van der Waals surface area contributed by atoms with E-state index < -0.39 is 5.44 Å². The maximum atomic E-state index is 10.5. The summed E-state index contributed by atoms with van der Waals surface area (Å²) in [4.78, 5) is 10.5. The van der Waals surface area contributed by atoms with Gasteiger partial charge in [0.25, 0.3) is 0 Å². The van der Waals surface area contributed by atoms with Crippen molar-refractivity contribution in [3.63, 3.8) is 0 Å². The fourth-order valence-corrected chi connectivity index (χ4v) is 0.736. The van der Waals surface area contributed by atoms with Crippen molar-refractivity contribution in [1.82, 2.24) is 0 Å². The summed E-state index contributed by atoms with van der Waals surface area (Å²) in [5, 5.41) is 8.74. The molecule has 1 unspecified atom stereocenters. The van der Waals surface area contributed by atoms with E-state index >= 15 is 0 Å². The van der Waals surface area contributed by atoms with Gasteiger partial charge in [0.15, 0.2) is 11.2 Å². The van der Waals surface area contributed by atoms with Crippen molar-refractivity contribution in [2.75, 3.05) is 6.26 Å². The van der Waals surface area contributed by atoms with Crippen molar-refractivity contribution in [1.29, 1.82) is 0 Å². The van der Waals surface area contributed by atoms with Crippen LogP contribution in [0.3, 0.4) is 0 Å². The van der Waals surface area contributed by atoms with Crippen LogP contribution in [-0.2, 0) is 4.79 Å². The van der Waals surface area contributed by atoms with Gasteiger partial charge in [0.1, 0.15) is 0 Å². The molecule has 0 aliphatic carbocycles. The molecule has 0 aliphatic heterocycles. The van der Waals surface area contributed by atoms with Crippen molar-refractivity contribution in [3.8, 4) is 0 Å². The van der Waals surface area contributed by atoms with Crippen LogP contribution in [0.25, 0.3) is 0 Å². The van der Waals surface area contributed by atoms with Crippen LogP contribution in [0.1, 0.15) is 13.3 Å². The smallest absolute Gasteiger partial charge is 0.171 e. The summed E-state index contributed by atoms with van der Waals surface area (Å²) in [7, 11) is 0. The van der Waals surface area contributed by atoms with Crippen LogP contribution < -0.4 is 0 Å². The van der Waals surface area contributed by atoms with E-state index in [2.05, 4.69) is 0 Å². The Labute approximate surface area is 53.3 Å². The Balaban J connectivity index is 3.46. The largest absolute Gasteiger partial charge is 0.375 e. The Morgan fingerprint density at radius 2 is 2.38 bits per heavy atom. The van der Waals surface area contributed by atoms with Crippen LogP contribution in [0.2, 0.25) is 0 Å². The summed E-state index contributed by atoms with van der Waals surface area (Å²) in [6.07, 6.45) is 2.13. The third kappa shape index (κ3) is 2.33. The summed E-state index contributed by atoms with van der Waals surface area (Å²) in [6.45, 7) is 1.74. The van der Waals surface area contributed by atoms with Crippen molar-refractivity contribution in [2.24, 2.45) is 0 Å². The molecule has 3 heteroatoms. The third-order valence-electron chi connectivity index (χ3n) is 0.847. The zero-order valence-electron chi connectivity index (χ0n) is 5.05. The Morgan fingerprint density at radius 1 is 1.88 bits per heavy atom. The topological polar surface area (TPSA) is 37.3 Å². The second kappa shape index (κ2) is 3.92. The number of hydrogen-bond acceptors (Lipinski definition) is 3. The van der Waals surface area contributed by atoms with Gasteiger partial charge in [-0.1, -0.05) is 6.92 Å². The van der Waals surface area contributed by atoms with Gasteiger partial charge < -0.3 is 5.11 Å². The Bertz CT molecular complexity index is 82.5. The molecular formula is C5H10O2S. The van der Waals surface area contributed by atoms with Crippen LogP contribution in [0.4, 0.5) is 0 Å². The van der Waals surface area contributed by atoms with E-state index in [1.54, 1.807) is 13.2 Å².